The fourth-order valence-electron chi connectivity index (χ4n) is 2.97. The molecule has 0 saturated heterocycles. The summed E-state index contributed by atoms with van der Waals surface area (Å²) >= 11 is 0. The fraction of sp³-hybridized carbons (Fsp3) is 0.611. The first-order valence-electron chi connectivity index (χ1n) is 8.64. The predicted molar refractivity (Wildman–Crippen MR) is 95.3 cm³/mol. The van der Waals surface area contributed by atoms with Gasteiger partial charge < -0.3 is 5.32 Å². The van der Waals surface area contributed by atoms with Crippen molar-refractivity contribution in [3.8, 4) is 0 Å². The third kappa shape index (κ3) is 5.31. The van der Waals surface area contributed by atoms with Crippen LogP contribution >= 0.6 is 0 Å². The van der Waals surface area contributed by atoms with Crippen LogP contribution in [-0.2, 0) is 14.8 Å². The van der Waals surface area contributed by atoms with E-state index in [0.717, 1.165) is 42.7 Å². The second kappa shape index (κ2) is 8.12. The van der Waals surface area contributed by atoms with E-state index in [1.807, 2.05) is 13.8 Å². The Morgan fingerprint density at radius 1 is 1.12 bits per heavy atom. The van der Waals surface area contributed by atoms with Crippen LogP contribution in [0.1, 0.15) is 50.2 Å². The van der Waals surface area contributed by atoms with E-state index in [4.69, 9.17) is 0 Å². The van der Waals surface area contributed by atoms with Crippen molar-refractivity contribution >= 4 is 15.9 Å². The highest BCUT2D eigenvalue weighted by Crippen LogP contribution is 2.23. The van der Waals surface area contributed by atoms with Crippen molar-refractivity contribution in [1.82, 2.24) is 10.0 Å². The summed E-state index contributed by atoms with van der Waals surface area (Å²) in [6, 6.07) is 5.28. The summed E-state index contributed by atoms with van der Waals surface area (Å²) < 4.78 is 27.0. The van der Waals surface area contributed by atoms with E-state index in [-0.39, 0.29) is 29.8 Å². The minimum Gasteiger partial charge on any atom is -0.353 e. The van der Waals surface area contributed by atoms with Gasteiger partial charge in [-0.15, -0.1) is 0 Å². The number of amides is 1. The number of hydrogen-bond donors (Lipinski definition) is 2. The van der Waals surface area contributed by atoms with Crippen LogP contribution in [0, 0.1) is 19.8 Å². The molecule has 0 aromatic heterocycles. The van der Waals surface area contributed by atoms with E-state index < -0.39 is 10.0 Å². The Morgan fingerprint density at radius 2 is 1.79 bits per heavy atom. The molecule has 1 amide bonds. The molecule has 0 aliphatic heterocycles. The highest BCUT2D eigenvalue weighted by Gasteiger charge is 2.20. The molecule has 0 radical (unpaired) electrons. The lowest BCUT2D eigenvalue weighted by atomic mass is 9.87. The number of aryl methyl sites for hydroxylation is 2. The van der Waals surface area contributed by atoms with E-state index in [2.05, 4.69) is 17.0 Å². The standard InChI is InChI=1S/C18H28N2O3S/c1-13-4-7-16(8-5-13)20-18(21)10-11-19-24(22,23)17-9-6-14(2)15(3)12-17/h6,9,12-13,16,19H,4-5,7-8,10-11H2,1-3H3,(H,20,21). The number of benzene rings is 1. The number of nitrogens with one attached hydrogen (secondary N) is 2. The van der Waals surface area contributed by atoms with Gasteiger partial charge in [0.25, 0.3) is 0 Å². The molecule has 6 heteroatoms. The molecule has 2 N–H and O–H groups in total. The number of carbonyl (C=O) groups is 1. The Labute approximate surface area is 145 Å². The van der Waals surface area contributed by atoms with Gasteiger partial charge in [-0.05, 0) is 68.7 Å². The highest BCUT2D eigenvalue weighted by atomic mass is 32.2. The van der Waals surface area contributed by atoms with Gasteiger partial charge in [-0.2, -0.15) is 0 Å². The topological polar surface area (TPSA) is 75.3 Å². The van der Waals surface area contributed by atoms with Gasteiger partial charge in [0.1, 0.15) is 0 Å². The molecule has 1 aromatic rings. The first-order chi connectivity index (χ1) is 11.3. The second-order valence-electron chi connectivity index (χ2n) is 6.92. The first kappa shape index (κ1) is 18.9. The average Bonchev–Trinajstić information content (AvgIpc) is 2.52. The molecule has 0 heterocycles. The molecule has 0 unspecified atom stereocenters. The van der Waals surface area contributed by atoms with Crippen LogP contribution in [0.25, 0.3) is 0 Å². The zero-order valence-corrected chi connectivity index (χ0v) is 15.6. The highest BCUT2D eigenvalue weighted by molar-refractivity contribution is 7.89. The van der Waals surface area contributed by atoms with E-state index >= 15 is 0 Å². The lowest BCUT2D eigenvalue weighted by Gasteiger charge is -2.26. The zero-order chi connectivity index (χ0) is 17.7. The summed E-state index contributed by atoms with van der Waals surface area (Å²) in [6.07, 6.45) is 4.48. The predicted octanol–water partition coefficient (Wildman–Crippen LogP) is 2.67. The Kier molecular flexibility index (Phi) is 6.40. The second-order valence-corrected chi connectivity index (χ2v) is 8.69. The van der Waals surface area contributed by atoms with Gasteiger partial charge in [0.15, 0.2) is 0 Å². The Bertz CT molecular complexity index is 678. The van der Waals surface area contributed by atoms with Crippen LogP contribution in [-0.4, -0.2) is 26.9 Å². The zero-order valence-electron chi connectivity index (χ0n) is 14.8. The van der Waals surface area contributed by atoms with Gasteiger partial charge >= 0.3 is 0 Å². The summed E-state index contributed by atoms with van der Waals surface area (Å²) in [4.78, 5) is 12.2. The van der Waals surface area contributed by atoms with Crippen molar-refractivity contribution in [2.24, 2.45) is 5.92 Å². The smallest absolute Gasteiger partial charge is 0.240 e. The van der Waals surface area contributed by atoms with Crippen molar-refractivity contribution in [3.05, 3.63) is 29.3 Å². The molecule has 0 atom stereocenters. The van der Waals surface area contributed by atoms with E-state index in [1.165, 1.54) is 0 Å². The monoisotopic (exact) mass is 352 g/mol. The van der Waals surface area contributed by atoms with Gasteiger partial charge in [0.2, 0.25) is 15.9 Å². The number of carbonyl (C=O) groups excluding carboxylic acids is 1. The van der Waals surface area contributed by atoms with Crippen molar-refractivity contribution in [1.29, 1.82) is 0 Å². The lowest BCUT2D eigenvalue weighted by Crippen LogP contribution is -2.39. The van der Waals surface area contributed by atoms with Crippen molar-refractivity contribution < 1.29 is 13.2 Å². The van der Waals surface area contributed by atoms with Gasteiger partial charge in [-0.3, -0.25) is 4.79 Å². The molecule has 1 fully saturated rings. The number of rotatable bonds is 6. The minimum atomic E-state index is -3.57. The summed E-state index contributed by atoms with van der Waals surface area (Å²) in [5, 5.41) is 3.01. The van der Waals surface area contributed by atoms with Crippen LogP contribution < -0.4 is 10.0 Å². The van der Waals surface area contributed by atoms with E-state index in [9.17, 15) is 13.2 Å². The number of hydrogen-bond acceptors (Lipinski definition) is 3. The van der Waals surface area contributed by atoms with Crippen molar-refractivity contribution in [2.45, 2.75) is 63.8 Å². The third-order valence-corrected chi connectivity index (χ3v) is 6.27. The van der Waals surface area contributed by atoms with Crippen LogP contribution in [0.15, 0.2) is 23.1 Å². The largest absolute Gasteiger partial charge is 0.353 e. The minimum absolute atomic E-state index is 0.0858. The summed E-state index contributed by atoms with van der Waals surface area (Å²) in [5.74, 6) is 0.653. The van der Waals surface area contributed by atoms with Gasteiger partial charge in [-0.25, -0.2) is 13.1 Å². The summed E-state index contributed by atoms with van der Waals surface area (Å²) in [7, 11) is -3.57. The van der Waals surface area contributed by atoms with Gasteiger partial charge in [0, 0.05) is 19.0 Å². The molecule has 2 rings (SSSR count). The maximum absolute atomic E-state index is 12.3. The SMILES string of the molecule is Cc1ccc(S(=O)(=O)NCCC(=O)NC2CCC(C)CC2)cc1C. The van der Waals surface area contributed by atoms with Gasteiger partial charge in [-0.1, -0.05) is 13.0 Å². The summed E-state index contributed by atoms with van der Waals surface area (Å²) in [6.45, 7) is 6.17. The first-order valence-corrected chi connectivity index (χ1v) is 10.1. The summed E-state index contributed by atoms with van der Waals surface area (Å²) in [5.41, 5.74) is 1.98. The Balaban J connectivity index is 1.80. The maximum Gasteiger partial charge on any atom is 0.240 e. The van der Waals surface area contributed by atoms with Crippen LogP contribution in [0.5, 0.6) is 0 Å². The molecule has 134 valence electrons. The maximum atomic E-state index is 12.3. The van der Waals surface area contributed by atoms with Crippen LogP contribution in [0.3, 0.4) is 0 Å². The van der Waals surface area contributed by atoms with E-state index in [0.29, 0.717) is 0 Å². The molecular weight excluding hydrogens is 324 g/mol. The molecular formula is C18H28N2O3S. The quantitative estimate of drug-likeness (QED) is 0.826. The lowest BCUT2D eigenvalue weighted by molar-refractivity contribution is -0.121. The molecule has 1 aliphatic rings. The average molecular weight is 353 g/mol. The molecule has 24 heavy (non-hydrogen) atoms. The molecule has 1 saturated carbocycles. The van der Waals surface area contributed by atoms with Crippen LogP contribution in [0.4, 0.5) is 0 Å². The van der Waals surface area contributed by atoms with Crippen LogP contribution in [0.2, 0.25) is 0 Å². The fourth-order valence-corrected chi connectivity index (χ4v) is 4.08. The van der Waals surface area contributed by atoms with Gasteiger partial charge in [0.05, 0.1) is 4.90 Å². The Morgan fingerprint density at radius 3 is 2.42 bits per heavy atom. The van der Waals surface area contributed by atoms with Crippen molar-refractivity contribution in [3.63, 3.8) is 0 Å². The number of sulfonamides is 1. The third-order valence-electron chi connectivity index (χ3n) is 4.81. The Hall–Kier alpha value is -1.40. The molecule has 0 bridgehead atoms. The molecule has 0 spiro atoms. The molecule has 5 nitrogen and oxygen atoms in total. The normalized spacial score (nSPS) is 21.5. The van der Waals surface area contributed by atoms with Crippen molar-refractivity contribution in [2.75, 3.05) is 6.54 Å². The van der Waals surface area contributed by atoms with E-state index in [1.54, 1.807) is 18.2 Å². The molecule has 1 aromatic carbocycles. The molecule has 1 aliphatic carbocycles.